The molecule has 4 aromatic rings. The number of Topliss-reactive ketones (excluding diaryl/α,β-unsaturated/α-hetero) is 1. The van der Waals surface area contributed by atoms with Crippen LogP contribution in [0.5, 0.6) is 11.5 Å². The molecule has 0 saturated carbocycles. The van der Waals surface area contributed by atoms with Crippen molar-refractivity contribution in [2.45, 2.75) is 26.2 Å². The van der Waals surface area contributed by atoms with Gasteiger partial charge in [0, 0.05) is 50.3 Å². The highest BCUT2D eigenvalue weighted by atomic mass is 19.1. The highest BCUT2D eigenvalue weighted by molar-refractivity contribution is 5.95. The minimum Gasteiger partial charge on any atom is -0.513 e. The molecule has 2 aromatic carbocycles. The molecule has 0 bridgehead atoms. The van der Waals surface area contributed by atoms with Crippen LogP contribution in [0, 0.1) is 18.7 Å². The number of aromatic amines is 1. The van der Waals surface area contributed by atoms with Crippen LogP contribution in [0.15, 0.2) is 85.4 Å². The fraction of sp³-hybridized carbons (Fsp3) is 0.219. The molecule has 0 radical (unpaired) electrons. The number of rotatable bonds is 9. The van der Waals surface area contributed by atoms with Crippen LogP contribution < -0.4 is 4.74 Å². The minimum atomic E-state index is -0.365. The first kappa shape index (κ1) is 26.9. The monoisotopic (exact) mass is 539 g/mol. The summed E-state index contributed by atoms with van der Waals surface area (Å²) in [7, 11) is 0. The van der Waals surface area contributed by atoms with Crippen molar-refractivity contribution in [1.82, 2.24) is 14.9 Å². The van der Waals surface area contributed by atoms with Crippen molar-refractivity contribution in [3.63, 3.8) is 0 Å². The van der Waals surface area contributed by atoms with Gasteiger partial charge in [-0.1, -0.05) is 36.4 Å². The summed E-state index contributed by atoms with van der Waals surface area (Å²) in [4.78, 5) is 34.6. The molecule has 3 heterocycles. The SMILES string of the molecule is C=C(O)C1CCN(C(=O)c2c[nH]c(-c3cc(Oc4ccc(CC(=O)Cc5cc(C)ccc5F)cc4)ccn3)c2)C1. The molecule has 40 heavy (non-hydrogen) atoms. The van der Waals surface area contributed by atoms with Crippen molar-refractivity contribution in [1.29, 1.82) is 0 Å². The Kier molecular flexibility index (Phi) is 7.77. The predicted molar refractivity (Wildman–Crippen MR) is 150 cm³/mol. The third kappa shape index (κ3) is 6.29. The summed E-state index contributed by atoms with van der Waals surface area (Å²) < 4.78 is 20.0. The summed E-state index contributed by atoms with van der Waals surface area (Å²) in [5.41, 5.74) is 3.95. The number of nitrogens with zero attached hydrogens (tertiary/aromatic N) is 2. The number of H-pyrrole nitrogens is 1. The van der Waals surface area contributed by atoms with Crippen LogP contribution in [0.1, 0.15) is 33.5 Å². The lowest BCUT2D eigenvalue weighted by Crippen LogP contribution is -2.28. The third-order valence-corrected chi connectivity index (χ3v) is 7.03. The molecule has 1 aliphatic rings. The Hall–Kier alpha value is -4.72. The zero-order valence-corrected chi connectivity index (χ0v) is 22.2. The quantitative estimate of drug-likeness (QED) is 0.247. The molecule has 1 amide bonds. The number of benzene rings is 2. The van der Waals surface area contributed by atoms with Gasteiger partial charge in [0.2, 0.25) is 0 Å². The van der Waals surface area contributed by atoms with Crippen molar-refractivity contribution in [3.05, 3.63) is 113 Å². The zero-order valence-electron chi connectivity index (χ0n) is 22.2. The first-order valence-electron chi connectivity index (χ1n) is 13.1. The number of halogens is 1. The number of pyridine rings is 1. The first-order chi connectivity index (χ1) is 19.2. The lowest BCUT2D eigenvalue weighted by Gasteiger charge is -2.15. The number of carbonyl (C=O) groups excluding carboxylic acids is 2. The Morgan fingerprint density at radius 2 is 1.90 bits per heavy atom. The number of nitrogens with one attached hydrogen (secondary N) is 1. The van der Waals surface area contributed by atoms with E-state index in [2.05, 4.69) is 16.5 Å². The van der Waals surface area contributed by atoms with Gasteiger partial charge in [-0.05, 0) is 54.8 Å². The maximum absolute atomic E-state index is 14.0. The molecule has 2 N–H and O–H groups in total. The zero-order chi connectivity index (χ0) is 28.2. The largest absolute Gasteiger partial charge is 0.513 e. The van der Waals surface area contributed by atoms with Gasteiger partial charge in [-0.15, -0.1) is 0 Å². The van der Waals surface area contributed by atoms with E-state index < -0.39 is 0 Å². The van der Waals surface area contributed by atoms with Crippen LogP contribution >= 0.6 is 0 Å². The molecule has 0 spiro atoms. The van der Waals surface area contributed by atoms with Gasteiger partial charge in [0.05, 0.1) is 22.7 Å². The van der Waals surface area contributed by atoms with Gasteiger partial charge < -0.3 is 19.7 Å². The second kappa shape index (κ2) is 11.6. The van der Waals surface area contributed by atoms with E-state index in [0.29, 0.717) is 53.5 Å². The molecule has 1 aliphatic heterocycles. The van der Waals surface area contributed by atoms with Gasteiger partial charge in [0.1, 0.15) is 23.1 Å². The summed E-state index contributed by atoms with van der Waals surface area (Å²) >= 11 is 0. The van der Waals surface area contributed by atoms with Crippen molar-refractivity contribution in [3.8, 4) is 22.9 Å². The maximum atomic E-state index is 14.0. The number of hydrogen-bond donors (Lipinski definition) is 2. The van der Waals surface area contributed by atoms with Crippen molar-refractivity contribution < 1.29 is 23.8 Å². The molecule has 1 unspecified atom stereocenters. The number of likely N-dealkylation sites (tertiary alicyclic amines) is 1. The number of aliphatic hydroxyl groups excluding tert-OH is 1. The van der Waals surface area contributed by atoms with E-state index in [1.165, 1.54) is 6.07 Å². The summed E-state index contributed by atoms with van der Waals surface area (Å²) in [5, 5.41) is 9.64. The number of ether oxygens (including phenoxy) is 1. The van der Waals surface area contributed by atoms with Crippen LogP contribution in [0.3, 0.4) is 0 Å². The summed E-state index contributed by atoms with van der Waals surface area (Å²) in [6.07, 6.45) is 4.23. The Morgan fingerprint density at radius 3 is 2.65 bits per heavy atom. The molecular weight excluding hydrogens is 509 g/mol. The number of aliphatic hydroxyl groups is 1. The Balaban J connectivity index is 1.20. The molecule has 0 aliphatic carbocycles. The molecular formula is C32H30FN3O4. The Labute approximate surface area is 232 Å². The summed E-state index contributed by atoms with van der Waals surface area (Å²) in [5.74, 6) is 0.644. The van der Waals surface area contributed by atoms with Gasteiger partial charge in [-0.2, -0.15) is 0 Å². The lowest BCUT2D eigenvalue weighted by atomic mass is 10.0. The van der Waals surface area contributed by atoms with Crippen molar-refractivity contribution in [2.24, 2.45) is 5.92 Å². The van der Waals surface area contributed by atoms with Gasteiger partial charge in [0.15, 0.2) is 0 Å². The molecule has 1 fully saturated rings. The third-order valence-electron chi connectivity index (χ3n) is 7.03. The van der Waals surface area contributed by atoms with Crippen LogP contribution in [0.25, 0.3) is 11.4 Å². The van der Waals surface area contributed by atoms with E-state index in [4.69, 9.17) is 4.74 Å². The fourth-order valence-corrected chi connectivity index (χ4v) is 4.84. The number of amides is 1. The second-order valence-corrected chi connectivity index (χ2v) is 10.1. The molecule has 5 rings (SSSR count). The van der Waals surface area contributed by atoms with E-state index in [1.807, 2.05) is 19.1 Å². The highest BCUT2D eigenvalue weighted by Gasteiger charge is 2.29. The van der Waals surface area contributed by atoms with E-state index >= 15 is 0 Å². The molecule has 2 aromatic heterocycles. The average Bonchev–Trinajstić information content (AvgIpc) is 3.63. The minimum absolute atomic E-state index is 0.0502. The first-order valence-corrected chi connectivity index (χ1v) is 13.1. The van der Waals surface area contributed by atoms with E-state index in [0.717, 1.165) is 11.1 Å². The standard InChI is InChI=1S/C32H30FN3O4/c1-20-3-8-29(33)24(13-20)15-26(38)14-22-4-6-27(7-5-22)40-28-9-11-34-31(17-28)30-16-25(18-35-30)32(39)36-12-10-23(19-36)21(2)37/h3-9,11,13,16-18,23,35,37H,2,10,12,14-15,19H2,1H3. The Bertz CT molecular complexity index is 1560. The lowest BCUT2D eigenvalue weighted by molar-refractivity contribution is -0.117. The summed E-state index contributed by atoms with van der Waals surface area (Å²) in [6.45, 7) is 6.48. The maximum Gasteiger partial charge on any atom is 0.255 e. The van der Waals surface area contributed by atoms with E-state index in [9.17, 15) is 19.1 Å². The van der Waals surface area contributed by atoms with Crippen LogP contribution in [-0.2, 0) is 17.6 Å². The van der Waals surface area contributed by atoms with Crippen LogP contribution in [0.2, 0.25) is 0 Å². The number of hydrogen-bond acceptors (Lipinski definition) is 5. The van der Waals surface area contributed by atoms with Crippen LogP contribution in [-0.4, -0.2) is 44.8 Å². The van der Waals surface area contributed by atoms with Crippen molar-refractivity contribution in [2.75, 3.05) is 13.1 Å². The smallest absolute Gasteiger partial charge is 0.255 e. The molecule has 1 saturated heterocycles. The number of carbonyl (C=O) groups is 2. The Morgan fingerprint density at radius 1 is 1.10 bits per heavy atom. The van der Waals surface area contributed by atoms with Gasteiger partial charge >= 0.3 is 0 Å². The van der Waals surface area contributed by atoms with Gasteiger partial charge in [-0.3, -0.25) is 14.6 Å². The van der Waals surface area contributed by atoms with Gasteiger partial charge in [0.25, 0.3) is 5.91 Å². The van der Waals surface area contributed by atoms with E-state index in [-0.39, 0.29) is 42.0 Å². The topological polar surface area (TPSA) is 95.5 Å². The number of aromatic nitrogens is 2. The molecule has 7 nitrogen and oxygen atoms in total. The van der Waals surface area contributed by atoms with Gasteiger partial charge in [-0.25, -0.2) is 4.39 Å². The fourth-order valence-electron chi connectivity index (χ4n) is 4.84. The summed E-state index contributed by atoms with van der Waals surface area (Å²) in [6, 6.07) is 17.3. The second-order valence-electron chi connectivity index (χ2n) is 10.1. The predicted octanol–water partition coefficient (Wildman–Crippen LogP) is 6.20. The van der Waals surface area contributed by atoms with Crippen molar-refractivity contribution >= 4 is 11.7 Å². The highest BCUT2D eigenvalue weighted by Crippen LogP contribution is 2.28. The van der Waals surface area contributed by atoms with Crippen LogP contribution in [0.4, 0.5) is 4.39 Å². The molecule has 8 heteroatoms. The number of aryl methyl sites for hydroxylation is 1. The molecule has 204 valence electrons. The average molecular weight is 540 g/mol. The van der Waals surface area contributed by atoms with E-state index in [1.54, 1.807) is 59.8 Å². The molecule has 1 atom stereocenters. The number of ketones is 1. The normalized spacial score (nSPS) is 14.8.